The summed E-state index contributed by atoms with van der Waals surface area (Å²) < 4.78 is 5.36. The van der Waals surface area contributed by atoms with E-state index in [2.05, 4.69) is 5.32 Å². The highest BCUT2D eigenvalue weighted by atomic mass is 16.5. The maximum absolute atomic E-state index is 11.4. The van der Waals surface area contributed by atoms with Gasteiger partial charge in [-0.25, -0.2) is 4.79 Å². The summed E-state index contributed by atoms with van der Waals surface area (Å²) in [7, 11) is 1.79. The zero-order valence-electron chi connectivity index (χ0n) is 9.25. The second-order valence-corrected chi connectivity index (χ2v) is 4.06. The van der Waals surface area contributed by atoms with E-state index in [-0.39, 0.29) is 12.1 Å². The van der Waals surface area contributed by atoms with Crippen LogP contribution in [0.3, 0.4) is 0 Å². The molecule has 0 heterocycles. The first-order valence-electron chi connectivity index (χ1n) is 5.23. The Morgan fingerprint density at radius 2 is 2.21 bits per heavy atom. The largest absolute Gasteiger partial charge is 0.377 e. The Balaban J connectivity index is 2.06. The van der Waals surface area contributed by atoms with Crippen LogP contribution in [0.1, 0.15) is 26.7 Å². The number of hydrogen-bond acceptors (Lipinski definition) is 2. The van der Waals surface area contributed by atoms with E-state index in [1.807, 2.05) is 13.8 Å². The molecule has 0 aromatic carbocycles. The summed E-state index contributed by atoms with van der Waals surface area (Å²) >= 11 is 0. The standard InChI is InChI=1S/C10H20N2O2/c1-8(2)14-7-6-12(3)10(13)11-9-4-5-9/h8-9H,4-7H2,1-3H3,(H,11,13). The Morgan fingerprint density at radius 3 is 2.71 bits per heavy atom. The number of hydrogen-bond donors (Lipinski definition) is 1. The summed E-state index contributed by atoms with van der Waals surface area (Å²) in [5.74, 6) is 0. The van der Waals surface area contributed by atoms with Crippen LogP contribution in [-0.2, 0) is 4.74 Å². The molecule has 0 aromatic rings. The predicted molar refractivity (Wildman–Crippen MR) is 55.3 cm³/mol. The van der Waals surface area contributed by atoms with Crippen molar-refractivity contribution < 1.29 is 9.53 Å². The Morgan fingerprint density at radius 1 is 1.57 bits per heavy atom. The quantitative estimate of drug-likeness (QED) is 0.725. The van der Waals surface area contributed by atoms with Crippen LogP contribution in [0.15, 0.2) is 0 Å². The number of rotatable bonds is 5. The molecular weight excluding hydrogens is 180 g/mol. The van der Waals surface area contributed by atoms with E-state index in [9.17, 15) is 4.79 Å². The maximum atomic E-state index is 11.4. The van der Waals surface area contributed by atoms with Gasteiger partial charge in [0.15, 0.2) is 0 Å². The molecule has 0 aliphatic heterocycles. The topological polar surface area (TPSA) is 41.6 Å². The molecule has 2 amide bonds. The molecule has 0 aromatic heterocycles. The van der Waals surface area contributed by atoms with Gasteiger partial charge in [-0.1, -0.05) is 0 Å². The Labute approximate surface area is 85.6 Å². The van der Waals surface area contributed by atoms with Gasteiger partial charge in [-0.3, -0.25) is 0 Å². The fraction of sp³-hybridized carbons (Fsp3) is 0.900. The van der Waals surface area contributed by atoms with Crippen LogP contribution < -0.4 is 5.32 Å². The summed E-state index contributed by atoms with van der Waals surface area (Å²) in [6.07, 6.45) is 2.49. The Kier molecular flexibility index (Phi) is 4.20. The van der Waals surface area contributed by atoms with Gasteiger partial charge < -0.3 is 15.0 Å². The molecule has 0 atom stereocenters. The summed E-state index contributed by atoms with van der Waals surface area (Å²) in [5, 5.41) is 2.92. The van der Waals surface area contributed by atoms with Crippen LogP contribution in [0, 0.1) is 0 Å². The molecule has 0 radical (unpaired) electrons. The van der Waals surface area contributed by atoms with Crippen LogP contribution in [0.5, 0.6) is 0 Å². The molecule has 1 rings (SSSR count). The lowest BCUT2D eigenvalue weighted by atomic mass is 10.5. The van der Waals surface area contributed by atoms with E-state index in [4.69, 9.17) is 4.74 Å². The monoisotopic (exact) mass is 200 g/mol. The first-order chi connectivity index (χ1) is 6.59. The lowest BCUT2D eigenvalue weighted by Gasteiger charge is -2.18. The minimum Gasteiger partial charge on any atom is -0.377 e. The van der Waals surface area contributed by atoms with Crippen LogP contribution in [0.25, 0.3) is 0 Å². The van der Waals surface area contributed by atoms with E-state index in [1.54, 1.807) is 11.9 Å². The van der Waals surface area contributed by atoms with E-state index in [0.29, 0.717) is 19.2 Å². The molecule has 0 saturated heterocycles. The van der Waals surface area contributed by atoms with Crippen molar-refractivity contribution in [3.05, 3.63) is 0 Å². The molecule has 1 fully saturated rings. The summed E-state index contributed by atoms with van der Waals surface area (Å²) in [5.41, 5.74) is 0. The normalized spacial score (nSPS) is 15.7. The van der Waals surface area contributed by atoms with E-state index in [1.165, 1.54) is 0 Å². The third-order valence-corrected chi connectivity index (χ3v) is 2.13. The predicted octanol–water partition coefficient (Wildman–Crippen LogP) is 1.22. The number of nitrogens with one attached hydrogen (secondary N) is 1. The van der Waals surface area contributed by atoms with Crippen LogP contribution in [0.2, 0.25) is 0 Å². The lowest BCUT2D eigenvalue weighted by Crippen LogP contribution is -2.40. The fourth-order valence-electron chi connectivity index (χ4n) is 1.04. The van der Waals surface area contributed by atoms with E-state index >= 15 is 0 Å². The van der Waals surface area contributed by atoms with Crippen LogP contribution in [0.4, 0.5) is 4.79 Å². The average molecular weight is 200 g/mol. The molecule has 4 nitrogen and oxygen atoms in total. The Bertz CT molecular complexity index is 191. The zero-order valence-corrected chi connectivity index (χ0v) is 9.25. The minimum atomic E-state index is 0.0138. The van der Waals surface area contributed by atoms with Crippen LogP contribution in [-0.4, -0.2) is 43.3 Å². The first-order valence-corrected chi connectivity index (χ1v) is 5.23. The number of carbonyl (C=O) groups excluding carboxylic acids is 1. The second kappa shape index (κ2) is 5.20. The molecule has 82 valence electrons. The van der Waals surface area contributed by atoms with Crippen molar-refractivity contribution in [1.29, 1.82) is 0 Å². The molecule has 1 aliphatic rings. The number of amides is 2. The summed E-state index contributed by atoms with van der Waals surface area (Å²) in [6.45, 7) is 5.23. The number of nitrogens with zero attached hydrogens (tertiary/aromatic N) is 1. The Hall–Kier alpha value is -0.770. The number of carbonyl (C=O) groups is 1. The van der Waals surface area contributed by atoms with Gasteiger partial charge in [-0.05, 0) is 26.7 Å². The van der Waals surface area contributed by atoms with Gasteiger partial charge in [0.25, 0.3) is 0 Å². The third kappa shape index (κ3) is 4.46. The SMILES string of the molecule is CC(C)OCCN(C)C(=O)NC1CC1. The molecule has 1 aliphatic carbocycles. The third-order valence-electron chi connectivity index (χ3n) is 2.13. The molecule has 0 spiro atoms. The second-order valence-electron chi connectivity index (χ2n) is 4.06. The van der Waals surface area contributed by atoms with Gasteiger partial charge in [-0.15, -0.1) is 0 Å². The maximum Gasteiger partial charge on any atom is 0.317 e. The van der Waals surface area contributed by atoms with Crippen molar-refractivity contribution in [1.82, 2.24) is 10.2 Å². The molecule has 1 N–H and O–H groups in total. The molecule has 0 bridgehead atoms. The van der Waals surface area contributed by atoms with Crippen LogP contribution >= 0.6 is 0 Å². The zero-order chi connectivity index (χ0) is 10.6. The highest BCUT2D eigenvalue weighted by Gasteiger charge is 2.24. The van der Waals surface area contributed by atoms with Crippen molar-refractivity contribution in [3.8, 4) is 0 Å². The van der Waals surface area contributed by atoms with Gasteiger partial charge in [0.05, 0.1) is 12.7 Å². The molecule has 0 unspecified atom stereocenters. The van der Waals surface area contributed by atoms with Gasteiger partial charge >= 0.3 is 6.03 Å². The highest BCUT2D eigenvalue weighted by molar-refractivity contribution is 5.74. The minimum absolute atomic E-state index is 0.0138. The van der Waals surface area contributed by atoms with Crippen molar-refractivity contribution >= 4 is 6.03 Å². The van der Waals surface area contributed by atoms with Crippen molar-refractivity contribution in [2.24, 2.45) is 0 Å². The number of urea groups is 1. The van der Waals surface area contributed by atoms with Gasteiger partial charge in [0.1, 0.15) is 0 Å². The molecular formula is C10H20N2O2. The molecule has 4 heteroatoms. The lowest BCUT2D eigenvalue weighted by molar-refractivity contribution is 0.0680. The van der Waals surface area contributed by atoms with Gasteiger partial charge in [-0.2, -0.15) is 0 Å². The summed E-state index contributed by atoms with van der Waals surface area (Å²) in [4.78, 5) is 13.1. The average Bonchev–Trinajstić information content (AvgIpc) is 2.87. The number of likely N-dealkylation sites (N-methyl/N-ethyl adjacent to an activating group) is 1. The molecule has 14 heavy (non-hydrogen) atoms. The smallest absolute Gasteiger partial charge is 0.317 e. The van der Waals surface area contributed by atoms with E-state index < -0.39 is 0 Å². The first kappa shape index (κ1) is 11.3. The van der Waals surface area contributed by atoms with Crippen molar-refractivity contribution in [2.45, 2.75) is 38.8 Å². The fourth-order valence-corrected chi connectivity index (χ4v) is 1.04. The van der Waals surface area contributed by atoms with Gasteiger partial charge in [0.2, 0.25) is 0 Å². The molecule has 1 saturated carbocycles. The number of ether oxygens (including phenoxy) is 1. The van der Waals surface area contributed by atoms with Crippen molar-refractivity contribution in [3.63, 3.8) is 0 Å². The van der Waals surface area contributed by atoms with Gasteiger partial charge in [0, 0.05) is 19.6 Å². The summed E-state index contributed by atoms with van der Waals surface area (Å²) in [6, 6.07) is 0.441. The van der Waals surface area contributed by atoms with E-state index in [0.717, 1.165) is 12.8 Å². The highest BCUT2D eigenvalue weighted by Crippen LogP contribution is 2.18. The van der Waals surface area contributed by atoms with Crippen molar-refractivity contribution in [2.75, 3.05) is 20.2 Å².